The zero-order chi connectivity index (χ0) is 12.5. The fourth-order valence-corrected chi connectivity index (χ4v) is 3.53. The number of H-pyrrole nitrogens is 1. The molecule has 18 heavy (non-hydrogen) atoms. The lowest BCUT2D eigenvalue weighted by molar-refractivity contribution is 0.386. The first-order valence-corrected chi connectivity index (χ1v) is 7.48. The summed E-state index contributed by atoms with van der Waals surface area (Å²) < 4.78 is 0.810. The van der Waals surface area contributed by atoms with E-state index in [1.54, 1.807) is 11.3 Å². The van der Waals surface area contributed by atoms with Gasteiger partial charge >= 0.3 is 0 Å². The number of nitrogens with zero attached hydrogens (tertiary/aromatic N) is 1. The first-order valence-electron chi connectivity index (χ1n) is 6.28. The molecule has 5 heteroatoms. The molecule has 0 aromatic carbocycles. The lowest BCUT2D eigenvalue weighted by atomic mass is 9.86. The molecule has 96 valence electrons. The Kier molecular flexibility index (Phi) is 3.41. The van der Waals surface area contributed by atoms with Crippen molar-refractivity contribution in [1.82, 2.24) is 9.97 Å². The summed E-state index contributed by atoms with van der Waals surface area (Å²) in [5, 5.41) is 0. The number of hydrogen-bond acceptors (Lipinski definition) is 3. The smallest absolute Gasteiger partial charge is 0.109 e. The Morgan fingerprint density at radius 2 is 2.06 bits per heavy atom. The average molecular weight is 282 g/mol. The lowest BCUT2D eigenvalue weighted by Crippen LogP contribution is -2.26. The molecule has 2 aromatic rings. The molecule has 1 saturated carbocycles. The van der Waals surface area contributed by atoms with Crippen LogP contribution >= 0.6 is 22.9 Å². The molecule has 0 aliphatic heterocycles. The van der Waals surface area contributed by atoms with Crippen LogP contribution in [0.4, 0.5) is 0 Å². The predicted octanol–water partition coefficient (Wildman–Crippen LogP) is 3.78. The molecule has 0 spiro atoms. The second-order valence-electron chi connectivity index (χ2n) is 4.90. The van der Waals surface area contributed by atoms with Crippen molar-refractivity contribution in [2.24, 2.45) is 5.73 Å². The minimum atomic E-state index is 0.381. The van der Waals surface area contributed by atoms with E-state index in [0.717, 1.165) is 46.4 Å². The van der Waals surface area contributed by atoms with Crippen molar-refractivity contribution in [1.29, 1.82) is 0 Å². The van der Waals surface area contributed by atoms with E-state index in [1.807, 2.05) is 18.3 Å². The number of aromatic nitrogens is 2. The summed E-state index contributed by atoms with van der Waals surface area (Å²) in [6, 6.07) is 4.33. The Labute approximate surface area is 115 Å². The van der Waals surface area contributed by atoms with E-state index in [2.05, 4.69) is 9.97 Å². The maximum absolute atomic E-state index is 5.95. The number of halogens is 1. The van der Waals surface area contributed by atoms with Crippen LogP contribution in [0.1, 0.15) is 37.4 Å². The van der Waals surface area contributed by atoms with Crippen LogP contribution in [0, 0.1) is 0 Å². The molecular formula is C13H16ClN3S. The summed E-state index contributed by atoms with van der Waals surface area (Å²) in [6.07, 6.45) is 6.39. The third kappa shape index (κ3) is 2.46. The maximum atomic E-state index is 5.95. The molecule has 2 aromatic heterocycles. The van der Waals surface area contributed by atoms with Crippen molar-refractivity contribution in [3.63, 3.8) is 0 Å². The van der Waals surface area contributed by atoms with Gasteiger partial charge in [-0.2, -0.15) is 0 Å². The second-order valence-corrected chi connectivity index (χ2v) is 6.61. The highest BCUT2D eigenvalue weighted by molar-refractivity contribution is 7.19. The lowest BCUT2D eigenvalue weighted by Gasteiger charge is -2.24. The van der Waals surface area contributed by atoms with Gasteiger partial charge in [-0.25, -0.2) is 4.98 Å². The molecule has 0 unspecified atom stereocenters. The number of imidazole rings is 1. The third-order valence-electron chi connectivity index (χ3n) is 3.59. The number of nitrogens with one attached hydrogen (secondary N) is 1. The third-order valence-corrected chi connectivity index (χ3v) is 4.86. The molecule has 0 atom stereocenters. The van der Waals surface area contributed by atoms with Gasteiger partial charge in [0.1, 0.15) is 5.82 Å². The van der Waals surface area contributed by atoms with Gasteiger partial charge in [0.2, 0.25) is 0 Å². The Balaban J connectivity index is 1.77. The SMILES string of the molecule is NC1CCC(c2ncc(-c3ccc(Cl)s3)[nH]2)CC1. The highest BCUT2D eigenvalue weighted by Gasteiger charge is 2.22. The van der Waals surface area contributed by atoms with Crippen molar-refractivity contribution in [3.8, 4) is 10.6 Å². The molecular weight excluding hydrogens is 266 g/mol. The van der Waals surface area contributed by atoms with Crippen LogP contribution in [0.2, 0.25) is 4.34 Å². The van der Waals surface area contributed by atoms with Crippen LogP contribution in [-0.4, -0.2) is 16.0 Å². The number of aromatic amines is 1. The van der Waals surface area contributed by atoms with Crippen molar-refractivity contribution in [2.45, 2.75) is 37.6 Å². The zero-order valence-corrected chi connectivity index (χ0v) is 11.6. The van der Waals surface area contributed by atoms with Gasteiger partial charge in [-0.1, -0.05) is 11.6 Å². The topological polar surface area (TPSA) is 54.7 Å². The molecule has 3 rings (SSSR count). The predicted molar refractivity (Wildman–Crippen MR) is 76.1 cm³/mol. The van der Waals surface area contributed by atoms with Gasteiger partial charge in [0, 0.05) is 12.0 Å². The second kappa shape index (κ2) is 5.03. The Bertz CT molecular complexity index is 526. The van der Waals surface area contributed by atoms with E-state index >= 15 is 0 Å². The van der Waals surface area contributed by atoms with Gasteiger partial charge in [-0.3, -0.25) is 0 Å². The fraction of sp³-hybridized carbons (Fsp3) is 0.462. The van der Waals surface area contributed by atoms with Crippen molar-refractivity contribution in [3.05, 3.63) is 28.5 Å². The molecule has 3 N–H and O–H groups in total. The van der Waals surface area contributed by atoms with Crippen LogP contribution in [-0.2, 0) is 0 Å². The van der Waals surface area contributed by atoms with E-state index in [0.29, 0.717) is 12.0 Å². The minimum absolute atomic E-state index is 0.381. The van der Waals surface area contributed by atoms with Gasteiger partial charge < -0.3 is 10.7 Å². The summed E-state index contributed by atoms with van der Waals surface area (Å²) in [4.78, 5) is 9.09. The molecule has 0 saturated heterocycles. The Morgan fingerprint density at radius 1 is 1.28 bits per heavy atom. The fourth-order valence-electron chi connectivity index (χ4n) is 2.52. The maximum Gasteiger partial charge on any atom is 0.109 e. The summed E-state index contributed by atoms with van der Waals surface area (Å²) >= 11 is 7.53. The number of thiophene rings is 1. The molecule has 1 aliphatic rings. The number of rotatable bonds is 2. The van der Waals surface area contributed by atoms with Gasteiger partial charge in [0.25, 0.3) is 0 Å². The molecule has 1 aliphatic carbocycles. The van der Waals surface area contributed by atoms with Crippen molar-refractivity contribution in [2.75, 3.05) is 0 Å². The highest BCUT2D eigenvalue weighted by atomic mass is 35.5. The number of nitrogens with two attached hydrogens (primary N) is 1. The first-order chi connectivity index (χ1) is 8.72. The average Bonchev–Trinajstić information content (AvgIpc) is 2.98. The van der Waals surface area contributed by atoms with Crippen LogP contribution in [0.15, 0.2) is 18.3 Å². The first kappa shape index (κ1) is 12.2. The van der Waals surface area contributed by atoms with Gasteiger partial charge in [-0.15, -0.1) is 11.3 Å². The molecule has 1 fully saturated rings. The standard InChI is InChI=1S/C13H16ClN3S/c14-12-6-5-11(18-12)10-7-16-13(17-10)8-1-3-9(15)4-2-8/h5-9H,1-4,15H2,(H,16,17). The van der Waals surface area contributed by atoms with Gasteiger partial charge in [0.15, 0.2) is 0 Å². The summed E-state index contributed by atoms with van der Waals surface area (Å²) in [7, 11) is 0. The van der Waals surface area contributed by atoms with E-state index in [9.17, 15) is 0 Å². The van der Waals surface area contributed by atoms with Crippen LogP contribution in [0.5, 0.6) is 0 Å². The molecule has 2 heterocycles. The quantitative estimate of drug-likeness (QED) is 0.880. The summed E-state index contributed by atoms with van der Waals surface area (Å²) in [5.41, 5.74) is 7.00. The summed E-state index contributed by atoms with van der Waals surface area (Å²) in [5.74, 6) is 1.63. The van der Waals surface area contributed by atoms with Crippen LogP contribution < -0.4 is 5.73 Å². The van der Waals surface area contributed by atoms with Crippen molar-refractivity contribution >= 4 is 22.9 Å². The van der Waals surface area contributed by atoms with Crippen LogP contribution in [0.25, 0.3) is 10.6 Å². The Hall–Kier alpha value is -0.840. The highest BCUT2D eigenvalue weighted by Crippen LogP contribution is 2.34. The molecule has 0 bridgehead atoms. The van der Waals surface area contributed by atoms with Crippen LogP contribution in [0.3, 0.4) is 0 Å². The summed E-state index contributed by atoms with van der Waals surface area (Å²) in [6.45, 7) is 0. The largest absolute Gasteiger partial charge is 0.341 e. The van der Waals surface area contributed by atoms with E-state index in [1.165, 1.54) is 0 Å². The van der Waals surface area contributed by atoms with Gasteiger partial charge in [0.05, 0.1) is 21.1 Å². The van der Waals surface area contributed by atoms with E-state index in [4.69, 9.17) is 17.3 Å². The van der Waals surface area contributed by atoms with E-state index < -0.39 is 0 Å². The Morgan fingerprint density at radius 3 is 2.72 bits per heavy atom. The molecule has 3 nitrogen and oxygen atoms in total. The van der Waals surface area contributed by atoms with E-state index in [-0.39, 0.29) is 0 Å². The number of hydrogen-bond donors (Lipinski definition) is 2. The molecule has 0 amide bonds. The minimum Gasteiger partial charge on any atom is -0.341 e. The van der Waals surface area contributed by atoms with Crippen molar-refractivity contribution < 1.29 is 0 Å². The van der Waals surface area contributed by atoms with Gasteiger partial charge in [-0.05, 0) is 37.8 Å². The zero-order valence-electron chi connectivity index (χ0n) is 10.0. The molecule has 0 radical (unpaired) electrons. The monoisotopic (exact) mass is 281 g/mol. The normalized spacial score (nSPS) is 24.3.